The molecule has 13 heteroatoms. The van der Waals surface area contributed by atoms with Gasteiger partial charge in [0.2, 0.25) is 0 Å². The molecular formula is C44H76N2O11. The Morgan fingerprint density at radius 2 is 0.895 bits per heavy atom. The predicted molar refractivity (Wildman–Crippen MR) is 220 cm³/mol. The summed E-state index contributed by atoms with van der Waals surface area (Å²) in [6, 6.07) is 5.45. The van der Waals surface area contributed by atoms with Crippen molar-refractivity contribution in [2.45, 2.75) is 224 Å². The van der Waals surface area contributed by atoms with Gasteiger partial charge in [0.15, 0.2) is 12.6 Å². The second-order valence-electron chi connectivity index (χ2n) is 16.6. The molecule has 57 heavy (non-hydrogen) atoms. The molecule has 0 bridgehead atoms. The molecule has 13 nitrogen and oxygen atoms in total. The number of aryl methyl sites for hydroxylation is 1. The van der Waals surface area contributed by atoms with Gasteiger partial charge in [-0.25, -0.2) is 4.79 Å². The number of aromatic nitrogens is 2. The zero-order chi connectivity index (χ0) is 41.2. The molecule has 2 aliphatic rings. The van der Waals surface area contributed by atoms with E-state index >= 15 is 0 Å². The molecule has 2 fully saturated rings. The smallest absolute Gasteiger partial charge is 0.329 e. The summed E-state index contributed by atoms with van der Waals surface area (Å²) in [7, 11) is 0. The standard InChI is InChI=1S/C44H76N2O11/c1-4-6-8-10-12-14-16-18-20-22-26-54-40-36(47)34(56-42(51)38(40)49)29-45-32-25-24-31(3)28-33(32)46(44(45)53)30-35-37(48)41(39(50)43(52)57-35)55-27-23-21-19-17-15-13-11-9-7-5-2/h24-25,28,34-43,47-52H,4-23,26-27,29-30H2,1-3H3/t34-,35-,36-,37-,38-,39-,40+,41+,42?,43?/m1/s1. The van der Waals surface area contributed by atoms with E-state index in [1.54, 1.807) is 6.07 Å². The Balaban J connectivity index is 1.34. The topological polar surface area (TPSA) is 185 Å². The highest BCUT2D eigenvalue weighted by molar-refractivity contribution is 5.77. The second kappa shape index (κ2) is 25.7. The van der Waals surface area contributed by atoms with Crippen LogP contribution in [0.15, 0.2) is 23.0 Å². The third kappa shape index (κ3) is 14.4. The van der Waals surface area contributed by atoms with Crippen LogP contribution in [0.25, 0.3) is 11.0 Å². The average Bonchev–Trinajstić information content (AvgIpc) is 3.44. The molecular weight excluding hydrogens is 732 g/mol. The number of nitrogens with zero attached hydrogens (tertiary/aromatic N) is 2. The number of benzene rings is 1. The van der Waals surface area contributed by atoms with Crippen molar-refractivity contribution in [2.24, 2.45) is 0 Å². The number of aliphatic hydroxyl groups excluding tert-OH is 6. The van der Waals surface area contributed by atoms with E-state index in [1.165, 1.54) is 99.0 Å². The summed E-state index contributed by atoms with van der Waals surface area (Å²) in [5.41, 5.74) is 1.43. The van der Waals surface area contributed by atoms with E-state index in [2.05, 4.69) is 13.8 Å². The van der Waals surface area contributed by atoms with E-state index in [1.807, 2.05) is 19.1 Å². The fraction of sp³-hybridized carbons (Fsp3) is 0.841. The molecule has 0 spiro atoms. The number of ether oxygens (including phenoxy) is 4. The first-order valence-corrected chi connectivity index (χ1v) is 22.4. The van der Waals surface area contributed by atoms with Crippen LogP contribution in [0.1, 0.15) is 148 Å². The van der Waals surface area contributed by atoms with Crippen molar-refractivity contribution in [3.8, 4) is 0 Å². The molecule has 328 valence electrons. The van der Waals surface area contributed by atoms with E-state index in [4.69, 9.17) is 18.9 Å². The largest absolute Gasteiger partial charge is 0.388 e. The predicted octanol–water partition coefficient (Wildman–Crippen LogP) is 5.60. The SMILES string of the molecule is CCCCCCCCCCCCO[C@H]1[C@H](O)[C@@H](Cn2c(=O)n(C[C@H]3OC(O)[C@H](O)[C@@H](OCCCCCCCCCCCC)[C@@H]3O)c3cc(C)ccc32)OC(O)[C@@H]1O. The van der Waals surface area contributed by atoms with Crippen LogP contribution in [-0.4, -0.2) is 114 Å². The first-order valence-electron chi connectivity index (χ1n) is 22.4. The molecule has 0 amide bonds. The lowest BCUT2D eigenvalue weighted by Gasteiger charge is -2.40. The fourth-order valence-electron chi connectivity index (χ4n) is 8.29. The van der Waals surface area contributed by atoms with Crippen molar-refractivity contribution in [1.29, 1.82) is 0 Å². The Kier molecular flexibility index (Phi) is 21.5. The third-order valence-electron chi connectivity index (χ3n) is 11.8. The van der Waals surface area contributed by atoms with Gasteiger partial charge in [0.05, 0.1) is 24.1 Å². The lowest BCUT2D eigenvalue weighted by Crippen LogP contribution is -2.60. The molecule has 4 rings (SSSR count). The highest BCUT2D eigenvalue weighted by atomic mass is 16.7. The Morgan fingerprint density at radius 1 is 0.526 bits per heavy atom. The van der Waals surface area contributed by atoms with Crippen molar-refractivity contribution < 1.29 is 49.6 Å². The highest BCUT2D eigenvalue weighted by Gasteiger charge is 2.46. The number of hydrogen-bond acceptors (Lipinski definition) is 11. The number of aliphatic hydroxyl groups is 6. The normalized spacial score (nSPS) is 28.1. The lowest BCUT2D eigenvalue weighted by molar-refractivity contribution is -0.292. The lowest BCUT2D eigenvalue weighted by atomic mass is 9.98. The van der Waals surface area contributed by atoms with Gasteiger partial charge in [-0.15, -0.1) is 0 Å². The molecule has 3 heterocycles. The van der Waals surface area contributed by atoms with Gasteiger partial charge in [-0.3, -0.25) is 9.13 Å². The number of fused-ring (bicyclic) bond motifs is 1. The number of imidazole rings is 1. The minimum Gasteiger partial charge on any atom is -0.388 e. The summed E-state index contributed by atoms with van der Waals surface area (Å²) in [6.45, 7) is 6.62. The summed E-state index contributed by atoms with van der Waals surface area (Å²) in [5, 5.41) is 65.4. The van der Waals surface area contributed by atoms with Crippen LogP contribution >= 0.6 is 0 Å². The Hall–Kier alpha value is -1.91. The van der Waals surface area contributed by atoms with Crippen molar-refractivity contribution in [2.75, 3.05) is 13.2 Å². The van der Waals surface area contributed by atoms with Gasteiger partial charge in [-0.2, -0.15) is 0 Å². The van der Waals surface area contributed by atoms with Crippen LogP contribution in [0.3, 0.4) is 0 Å². The molecule has 2 aromatic rings. The fourth-order valence-corrected chi connectivity index (χ4v) is 8.29. The molecule has 1 aromatic heterocycles. The van der Waals surface area contributed by atoms with Gasteiger partial charge in [0.25, 0.3) is 0 Å². The second-order valence-corrected chi connectivity index (χ2v) is 16.6. The van der Waals surface area contributed by atoms with Gasteiger partial charge in [0, 0.05) is 13.2 Å². The van der Waals surface area contributed by atoms with Gasteiger partial charge in [-0.1, -0.05) is 135 Å². The molecule has 2 aliphatic heterocycles. The summed E-state index contributed by atoms with van der Waals surface area (Å²) < 4.78 is 26.0. The van der Waals surface area contributed by atoms with Crippen LogP contribution in [0.4, 0.5) is 0 Å². The Morgan fingerprint density at radius 3 is 1.30 bits per heavy atom. The zero-order valence-electron chi connectivity index (χ0n) is 35.1. The third-order valence-corrected chi connectivity index (χ3v) is 11.8. The molecule has 6 N–H and O–H groups in total. The molecule has 0 radical (unpaired) electrons. The van der Waals surface area contributed by atoms with Crippen molar-refractivity contribution in [3.05, 3.63) is 34.2 Å². The number of hydrogen-bond donors (Lipinski definition) is 6. The van der Waals surface area contributed by atoms with Crippen molar-refractivity contribution in [3.63, 3.8) is 0 Å². The van der Waals surface area contributed by atoms with E-state index in [0.29, 0.717) is 24.2 Å². The molecule has 2 saturated heterocycles. The van der Waals surface area contributed by atoms with Gasteiger partial charge in [0.1, 0.15) is 48.8 Å². The van der Waals surface area contributed by atoms with Crippen LogP contribution in [0, 0.1) is 6.92 Å². The number of rotatable bonds is 28. The maximum absolute atomic E-state index is 14.1. The summed E-state index contributed by atoms with van der Waals surface area (Å²) in [5.74, 6) is 0. The average molecular weight is 809 g/mol. The molecule has 10 atom stereocenters. The minimum absolute atomic E-state index is 0.158. The van der Waals surface area contributed by atoms with Crippen LogP contribution < -0.4 is 5.69 Å². The molecule has 1 aromatic carbocycles. The van der Waals surface area contributed by atoms with Crippen LogP contribution in [0.2, 0.25) is 0 Å². The maximum Gasteiger partial charge on any atom is 0.329 e. The summed E-state index contributed by atoms with van der Waals surface area (Å²) in [4.78, 5) is 14.1. The van der Waals surface area contributed by atoms with Crippen LogP contribution in [0.5, 0.6) is 0 Å². The van der Waals surface area contributed by atoms with Gasteiger partial charge < -0.3 is 49.6 Å². The van der Waals surface area contributed by atoms with E-state index in [-0.39, 0.29) is 13.1 Å². The van der Waals surface area contributed by atoms with E-state index < -0.39 is 67.1 Å². The maximum atomic E-state index is 14.1. The quantitative estimate of drug-likeness (QED) is 0.0588. The number of unbranched alkanes of at least 4 members (excludes halogenated alkanes) is 18. The van der Waals surface area contributed by atoms with Crippen molar-refractivity contribution in [1.82, 2.24) is 9.13 Å². The summed E-state index contributed by atoms with van der Waals surface area (Å²) >= 11 is 0. The highest BCUT2D eigenvalue weighted by Crippen LogP contribution is 2.28. The Labute approximate surface area is 340 Å². The minimum atomic E-state index is -1.63. The summed E-state index contributed by atoms with van der Waals surface area (Å²) in [6.07, 6.45) is 9.91. The van der Waals surface area contributed by atoms with Gasteiger partial charge >= 0.3 is 5.69 Å². The molecule has 2 unspecified atom stereocenters. The zero-order valence-corrected chi connectivity index (χ0v) is 35.1. The first kappa shape index (κ1) is 47.8. The van der Waals surface area contributed by atoms with Crippen LogP contribution in [-0.2, 0) is 32.0 Å². The van der Waals surface area contributed by atoms with Crippen molar-refractivity contribution >= 4 is 11.0 Å². The monoisotopic (exact) mass is 809 g/mol. The van der Waals surface area contributed by atoms with E-state index in [9.17, 15) is 35.4 Å². The first-order chi connectivity index (χ1) is 27.6. The Bertz CT molecular complexity index is 1450. The van der Waals surface area contributed by atoms with Gasteiger partial charge in [-0.05, 0) is 37.5 Å². The molecule has 0 aliphatic carbocycles. The van der Waals surface area contributed by atoms with E-state index in [0.717, 1.165) is 44.1 Å². The molecule has 0 saturated carbocycles.